The highest BCUT2D eigenvalue weighted by Crippen LogP contribution is 2.29. The molecular weight excluding hydrogens is 266 g/mol. The zero-order valence-corrected chi connectivity index (χ0v) is 11.4. The van der Waals surface area contributed by atoms with Crippen molar-refractivity contribution >= 4 is 11.6 Å². The van der Waals surface area contributed by atoms with Gasteiger partial charge in [0.25, 0.3) is 5.56 Å². The van der Waals surface area contributed by atoms with Crippen molar-refractivity contribution in [3.8, 4) is 17.0 Å². The van der Waals surface area contributed by atoms with E-state index in [9.17, 15) is 4.79 Å². The molecule has 0 unspecified atom stereocenters. The van der Waals surface area contributed by atoms with Crippen LogP contribution in [-0.4, -0.2) is 16.9 Å². The minimum atomic E-state index is -0.189. The fourth-order valence-electron chi connectivity index (χ4n) is 1.78. The smallest absolute Gasteiger partial charge is 0.271 e. The fourth-order valence-corrected chi connectivity index (χ4v) is 2.04. The third-order valence-electron chi connectivity index (χ3n) is 2.80. The number of nitrogens with two attached hydrogens (primary N) is 1. The fraction of sp³-hybridized carbons (Fsp3) is 0.231. The second kappa shape index (κ2) is 5.42. The average Bonchev–Trinajstić information content (AvgIpc) is 2.41. The van der Waals surface area contributed by atoms with Crippen molar-refractivity contribution < 1.29 is 4.74 Å². The molecule has 0 radical (unpaired) electrons. The van der Waals surface area contributed by atoms with Crippen molar-refractivity contribution in [1.82, 2.24) is 9.78 Å². The Hall–Kier alpha value is -1.85. The maximum Gasteiger partial charge on any atom is 0.271 e. The van der Waals surface area contributed by atoms with Gasteiger partial charge in [-0.25, -0.2) is 4.68 Å². The van der Waals surface area contributed by atoms with Gasteiger partial charge in [0.15, 0.2) is 0 Å². The van der Waals surface area contributed by atoms with Crippen LogP contribution in [0.3, 0.4) is 0 Å². The normalized spacial score (nSPS) is 10.5. The van der Waals surface area contributed by atoms with Crippen LogP contribution in [-0.2, 0) is 13.6 Å². The van der Waals surface area contributed by atoms with Gasteiger partial charge in [0.2, 0.25) is 0 Å². The summed E-state index contributed by atoms with van der Waals surface area (Å²) >= 11 is 6.08. The predicted molar refractivity (Wildman–Crippen MR) is 74.4 cm³/mol. The Labute approximate surface area is 115 Å². The molecule has 0 spiro atoms. The molecule has 0 aliphatic rings. The van der Waals surface area contributed by atoms with Gasteiger partial charge in [0.05, 0.1) is 17.8 Å². The van der Waals surface area contributed by atoms with Crippen LogP contribution in [0.2, 0.25) is 5.02 Å². The molecule has 5 nitrogen and oxygen atoms in total. The number of aromatic nitrogens is 2. The Morgan fingerprint density at radius 1 is 1.42 bits per heavy atom. The molecule has 0 bridgehead atoms. The quantitative estimate of drug-likeness (QED) is 0.926. The van der Waals surface area contributed by atoms with Crippen LogP contribution in [0.25, 0.3) is 11.3 Å². The largest absolute Gasteiger partial charge is 0.495 e. The van der Waals surface area contributed by atoms with Gasteiger partial charge < -0.3 is 10.5 Å². The topological polar surface area (TPSA) is 70.1 Å². The zero-order valence-electron chi connectivity index (χ0n) is 10.7. The standard InChI is InChI=1S/C13H14ClN3O2/c1-17-13(18)9(7-15)6-11(16-17)8-3-4-12(19-2)10(14)5-8/h3-6H,7,15H2,1-2H3. The molecule has 0 saturated carbocycles. The monoisotopic (exact) mass is 279 g/mol. The molecule has 6 heteroatoms. The van der Waals surface area contributed by atoms with Crippen molar-refractivity contribution in [3.05, 3.63) is 45.2 Å². The van der Waals surface area contributed by atoms with Crippen molar-refractivity contribution in [2.75, 3.05) is 7.11 Å². The first-order valence-corrected chi connectivity index (χ1v) is 6.06. The van der Waals surface area contributed by atoms with E-state index in [2.05, 4.69) is 5.10 Å². The summed E-state index contributed by atoms with van der Waals surface area (Å²) in [6, 6.07) is 7.01. The summed E-state index contributed by atoms with van der Waals surface area (Å²) in [5, 5.41) is 4.69. The summed E-state index contributed by atoms with van der Waals surface area (Å²) in [5.41, 5.74) is 7.33. The molecule has 19 heavy (non-hydrogen) atoms. The van der Waals surface area contributed by atoms with Crippen LogP contribution in [0.15, 0.2) is 29.1 Å². The van der Waals surface area contributed by atoms with E-state index in [1.165, 1.54) is 4.68 Å². The van der Waals surface area contributed by atoms with Gasteiger partial charge in [-0.05, 0) is 24.3 Å². The Kier molecular flexibility index (Phi) is 3.87. The molecule has 2 aromatic rings. The van der Waals surface area contributed by atoms with Gasteiger partial charge in [0, 0.05) is 24.7 Å². The summed E-state index contributed by atoms with van der Waals surface area (Å²) in [5.74, 6) is 0.592. The number of methoxy groups -OCH3 is 1. The molecule has 0 aliphatic heterocycles. The van der Waals surface area contributed by atoms with E-state index in [0.717, 1.165) is 5.56 Å². The molecule has 0 fully saturated rings. The Morgan fingerprint density at radius 3 is 2.74 bits per heavy atom. The molecule has 2 N–H and O–H groups in total. The molecule has 1 heterocycles. The first-order valence-electron chi connectivity index (χ1n) is 5.68. The first-order chi connectivity index (χ1) is 9.06. The number of benzene rings is 1. The summed E-state index contributed by atoms with van der Waals surface area (Å²) in [4.78, 5) is 11.7. The van der Waals surface area contributed by atoms with Crippen molar-refractivity contribution in [1.29, 1.82) is 0 Å². The average molecular weight is 280 g/mol. The lowest BCUT2D eigenvalue weighted by Crippen LogP contribution is -2.25. The highest BCUT2D eigenvalue weighted by Gasteiger charge is 2.09. The van der Waals surface area contributed by atoms with Gasteiger partial charge in [0.1, 0.15) is 5.75 Å². The Bertz CT molecular complexity index is 667. The van der Waals surface area contributed by atoms with Gasteiger partial charge in [-0.15, -0.1) is 0 Å². The summed E-state index contributed by atoms with van der Waals surface area (Å²) in [6.45, 7) is 0.173. The molecule has 0 saturated heterocycles. The van der Waals surface area contributed by atoms with Crippen LogP contribution in [0.5, 0.6) is 5.75 Å². The van der Waals surface area contributed by atoms with Crippen LogP contribution in [0.4, 0.5) is 0 Å². The second-order valence-electron chi connectivity index (χ2n) is 4.04. The maximum atomic E-state index is 11.7. The highest BCUT2D eigenvalue weighted by atomic mass is 35.5. The SMILES string of the molecule is COc1ccc(-c2cc(CN)c(=O)n(C)n2)cc1Cl. The molecule has 0 aliphatic carbocycles. The van der Waals surface area contributed by atoms with Crippen molar-refractivity contribution in [3.63, 3.8) is 0 Å². The lowest BCUT2D eigenvalue weighted by Gasteiger charge is -2.08. The van der Waals surface area contributed by atoms with E-state index in [1.807, 2.05) is 6.07 Å². The number of nitrogens with zero attached hydrogens (tertiary/aromatic N) is 2. The number of rotatable bonds is 3. The lowest BCUT2D eigenvalue weighted by atomic mass is 10.1. The Balaban J connectivity index is 2.56. The third-order valence-corrected chi connectivity index (χ3v) is 3.10. The predicted octanol–water partition coefficient (Wildman–Crippen LogP) is 1.57. The minimum Gasteiger partial charge on any atom is -0.495 e. The molecule has 100 valence electrons. The summed E-state index contributed by atoms with van der Waals surface area (Å²) < 4.78 is 6.37. The molecule has 0 amide bonds. The van der Waals surface area contributed by atoms with E-state index in [1.54, 1.807) is 32.4 Å². The van der Waals surface area contributed by atoms with Crippen LogP contribution < -0.4 is 16.0 Å². The van der Waals surface area contributed by atoms with E-state index in [4.69, 9.17) is 22.1 Å². The Morgan fingerprint density at radius 2 is 2.16 bits per heavy atom. The first kappa shape index (κ1) is 13.6. The highest BCUT2D eigenvalue weighted by molar-refractivity contribution is 6.32. The summed E-state index contributed by atoms with van der Waals surface area (Å²) in [7, 11) is 3.15. The molecular formula is C13H14ClN3O2. The van der Waals surface area contributed by atoms with Crippen molar-refractivity contribution in [2.45, 2.75) is 6.54 Å². The minimum absolute atomic E-state index is 0.173. The van der Waals surface area contributed by atoms with Crippen molar-refractivity contribution in [2.24, 2.45) is 12.8 Å². The van der Waals surface area contributed by atoms with Gasteiger partial charge in [-0.1, -0.05) is 11.6 Å². The number of aryl methyl sites for hydroxylation is 1. The lowest BCUT2D eigenvalue weighted by molar-refractivity contribution is 0.415. The zero-order chi connectivity index (χ0) is 14.0. The number of halogens is 1. The van der Waals surface area contributed by atoms with E-state index in [0.29, 0.717) is 22.0 Å². The van der Waals surface area contributed by atoms with Gasteiger partial charge >= 0.3 is 0 Å². The van der Waals surface area contributed by atoms with Crippen LogP contribution in [0, 0.1) is 0 Å². The second-order valence-corrected chi connectivity index (χ2v) is 4.44. The number of ether oxygens (including phenoxy) is 1. The molecule has 2 rings (SSSR count). The van der Waals surface area contributed by atoms with Gasteiger partial charge in [-0.2, -0.15) is 5.10 Å². The third kappa shape index (κ3) is 2.62. The van der Waals surface area contributed by atoms with Crippen LogP contribution in [0.1, 0.15) is 5.56 Å². The van der Waals surface area contributed by atoms with E-state index >= 15 is 0 Å². The van der Waals surface area contributed by atoms with Gasteiger partial charge in [-0.3, -0.25) is 4.79 Å². The number of hydrogen-bond donors (Lipinski definition) is 1. The maximum absolute atomic E-state index is 11.7. The van der Waals surface area contributed by atoms with E-state index < -0.39 is 0 Å². The van der Waals surface area contributed by atoms with E-state index in [-0.39, 0.29) is 12.1 Å². The van der Waals surface area contributed by atoms with Crippen LogP contribution >= 0.6 is 11.6 Å². The molecule has 0 atom stereocenters. The number of hydrogen-bond acceptors (Lipinski definition) is 4. The molecule has 1 aromatic heterocycles. The summed E-state index contributed by atoms with van der Waals surface area (Å²) in [6.07, 6.45) is 0. The molecule has 1 aromatic carbocycles.